The molecule has 1 saturated heterocycles. The molecule has 1 saturated carbocycles. The zero-order valence-corrected chi connectivity index (χ0v) is 11.3. The van der Waals surface area contributed by atoms with Gasteiger partial charge in [0.05, 0.1) is 18.1 Å². The number of nitrogens with one attached hydrogen (secondary N) is 1. The Hall–Kier alpha value is -0.650. The Bertz CT molecular complexity index is 286. The molecule has 1 amide bonds. The highest BCUT2D eigenvalue weighted by molar-refractivity contribution is 5.83. The second kappa shape index (κ2) is 5.99. The number of ether oxygens (including phenoxy) is 1. The van der Waals surface area contributed by atoms with Crippen LogP contribution in [0.25, 0.3) is 0 Å². The largest absolute Gasteiger partial charge is 0.374 e. The maximum absolute atomic E-state index is 12.1. The molecule has 5 nitrogen and oxygen atoms in total. The molecular weight excluding hydrogens is 230 g/mol. The first-order valence-corrected chi connectivity index (χ1v) is 7.02. The summed E-state index contributed by atoms with van der Waals surface area (Å²) in [4.78, 5) is 14.5. The van der Waals surface area contributed by atoms with E-state index in [0.717, 1.165) is 45.5 Å². The number of carbonyl (C=O) groups is 1. The summed E-state index contributed by atoms with van der Waals surface area (Å²) in [5, 5.41) is 3.02. The third kappa shape index (κ3) is 2.84. The smallest absolute Gasteiger partial charge is 0.227 e. The van der Waals surface area contributed by atoms with E-state index in [1.165, 1.54) is 0 Å². The Balaban J connectivity index is 1.75. The minimum absolute atomic E-state index is 0.119. The molecule has 1 unspecified atom stereocenters. The molecule has 0 aromatic heterocycles. The lowest BCUT2D eigenvalue weighted by Gasteiger charge is -2.40. The average Bonchev–Trinajstić information content (AvgIpc) is 2.36. The van der Waals surface area contributed by atoms with Gasteiger partial charge in [0.1, 0.15) is 0 Å². The third-order valence-corrected chi connectivity index (χ3v) is 4.34. The summed E-state index contributed by atoms with van der Waals surface area (Å²) >= 11 is 0. The second-order valence-corrected chi connectivity index (χ2v) is 5.43. The van der Waals surface area contributed by atoms with E-state index in [2.05, 4.69) is 17.1 Å². The Kier molecular flexibility index (Phi) is 4.59. The Morgan fingerprint density at radius 2 is 2.33 bits per heavy atom. The Morgan fingerprint density at radius 3 is 2.89 bits per heavy atom. The van der Waals surface area contributed by atoms with Crippen LogP contribution in [0.4, 0.5) is 0 Å². The van der Waals surface area contributed by atoms with E-state index >= 15 is 0 Å². The lowest BCUT2D eigenvalue weighted by molar-refractivity contribution is -0.136. The van der Waals surface area contributed by atoms with Crippen molar-refractivity contribution in [1.82, 2.24) is 10.2 Å². The van der Waals surface area contributed by atoms with E-state index in [1.807, 2.05) is 0 Å². The molecule has 18 heavy (non-hydrogen) atoms. The maximum atomic E-state index is 12.1. The first-order valence-electron chi connectivity index (χ1n) is 7.02. The number of rotatable bonds is 5. The number of amides is 1. The summed E-state index contributed by atoms with van der Waals surface area (Å²) in [5.74, 6) is 0.119. The van der Waals surface area contributed by atoms with Crippen LogP contribution in [-0.2, 0) is 9.53 Å². The van der Waals surface area contributed by atoms with Crippen LogP contribution in [0.2, 0.25) is 0 Å². The van der Waals surface area contributed by atoms with Gasteiger partial charge in [0.25, 0.3) is 0 Å². The molecule has 0 radical (unpaired) electrons. The van der Waals surface area contributed by atoms with Gasteiger partial charge in [-0.3, -0.25) is 9.69 Å². The van der Waals surface area contributed by atoms with Crippen LogP contribution >= 0.6 is 0 Å². The van der Waals surface area contributed by atoms with Crippen LogP contribution in [0.15, 0.2) is 0 Å². The highest BCUT2D eigenvalue weighted by Crippen LogP contribution is 2.39. The van der Waals surface area contributed by atoms with Gasteiger partial charge in [-0.2, -0.15) is 0 Å². The SMILES string of the molecule is CCN1CCOC(CNC(=O)C2(CN)CCC2)C1. The number of hydrogen-bond acceptors (Lipinski definition) is 4. The van der Waals surface area contributed by atoms with Crippen molar-refractivity contribution in [1.29, 1.82) is 0 Å². The van der Waals surface area contributed by atoms with E-state index in [-0.39, 0.29) is 17.4 Å². The topological polar surface area (TPSA) is 67.6 Å². The monoisotopic (exact) mass is 255 g/mol. The number of nitrogens with zero attached hydrogens (tertiary/aromatic N) is 1. The molecular formula is C13H25N3O2. The summed E-state index contributed by atoms with van der Waals surface area (Å²) in [7, 11) is 0. The van der Waals surface area contributed by atoms with E-state index < -0.39 is 0 Å². The molecule has 1 heterocycles. The maximum Gasteiger partial charge on any atom is 0.227 e. The lowest BCUT2D eigenvalue weighted by atomic mass is 9.68. The van der Waals surface area contributed by atoms with Gasteiger partial charge >= 0.3 is 0 Å². The molecule has 1 aliphatic heterocycles. The van der Waals surface area contributed by atoms with E-state index in [0.29, 0.717) is 13.1 Å². The van der Waals surface area contributed by atoms with Crippen LogP contribution in [0.5, 0.6) is 0 Å². The molecule has 2 fully saturated rings. The molecule has 1 atom stereocenters. The molecule has 2 aliphatic rings. The standard InChI is InChI=1S/C13H25N3O2/c1-2-16-6-7-18-11(9-16)8-15-12(17)13(10-14)4-3-5-13/h11H,2-10,14H2,1H3,(H,15,17). The van der Waals surface area contributed by atoms with Gasteiger partial charge in [-0.25, -0.2) is 0 Å². The quantitative estimate of drug-likeness (QED) is 0.723. The minimum atomic E-state index is -0.279. The van der Waals surface area contributed by atoms with Gasteiger partial charge in [-0.15, -0.1) is 0 Å². The van der Waals surface area contributed by atoms with Crippen molar-refractivity contribution in [3.8, 4) is 0 Å². The fraction of sp³-hybridized carbons (Fsp3) is 0.923. The molecule has 0 spiro atoms. The van der Waals surface area contributed by atoms with Crippen molar-refractivity contribution in [2.45, 2.75) is 32.3 Å². The summed E-state index contributed by atoms with van der Waals surface area (Å²) in [6, 6.07) is 0. The first kappa shape index (κ1) is 13.8. The third-order valence-electron chi connectivity index (χ3n) is 4.34. The fourth-order valence-electron chi connectivity index (χ4n) is 2.71. The van der Waals surface area contributed by atoms with Crippen LogP contribution in [-0.4, -0.2) is 56.2 Å². The van der Waals surface area contributed by atoms with Gasteiger partial charge in [-0.1, -0.05) is 13.3 Å². The minimum Gasteiger partial charge on any atom is -0.374 e. The van der Waals surface area contributed by atoms with Gasteiger partial charge in [0.15, 0.2) is 0 Å². The van der Waals surface area contributed by atoms with Crippen LogP contribution in [0, 0.1) is 5.41 Å². The fourth-order valence-corrected chi connectivity index (χ4v) is 2.71. The van der Waals surface area contributed by atoms with Gasteiger partial charge < -0.3 is 15.8 Å². The normalized spacial score (nSPS) is 27.6. The van der Waals surface area contributed by atoms with Crippen LogP contribution in [0.3, 0.4) is 0 Å². The van der Waals surface area contributed by atoms with Gasteiger partial charge in [0.2, 0.25) is 5.91 Å². The molecule has 5 heteroatoms. The number of likely N-dealkylation sites (N-methyl/N-ethyl adjacent to an activating group) is 1. The second-order valence-electron chi connectivity index (χ2n) is 5.43. The molecule has 0 aromatic carbocycles. The van der Waals surface area contributed by atoms with E-state index in [9.17, 15) is 4.79 Å². The van der Waals surface area contributed by atoms with Crippen molar-refractivity contribution in [3.05, 3.63) is 0 Å². The lowest BCUT2D eigenvalue weighted by Crippen LogP contribution is -2.53. The first-order chi connectivity index (χ1) is 8.70. The molecule has 1 aliphatic carbocycles. The Labute approximate surface area is 109 Å². The van der Waals surface area contributed by atoms with Crippen molar-refractivity contribution >= 4 is 5.91 Å². The van der Waals surface area contributed by atoms with Crippen molar-refractivity contribution in [2.24, 2.45) is 11.1 Å². The number of hydrogen-bond donors (Lipinski definition) is 2. The molecule has 3 N–H and O–H groups in total. The predicted molar refractivity (Wildman–Crippen MR) is 70.2 cm³/mol. The number of carbonyl (C=O) groups excluding carboxylic acids is 1. The van der Waals surface area contributed by atoms with Crippen molar-refractivity contribution < 1.29 is 9.53 Å². The summed E-state index contributed by atoms with van der Waals surface area (Å²) < 4.78 is 5.67. The summed E-state index contributed by atoms with van der Waals surface area (Å²) in [6.07, 6.45) is 3.11. The highest BCUT2D eigenvalue weighted by atomic mass is 16.5. The molecule has 104 valence electrons. The summed E-state index contributed by atoms with van der Waals surface area (Å²) in [6.45, 7) is 6.93. The Morgan fingerprint density at radius 1 is 1.56 bits per heavy atom. The van der Waals surface area contributed by atoms with Crippen LogP contribution < -0.4 is 11.1 Å². The molecule has 0 bridgehead atoms. The van der Waals surface area contributed by atoms with Crippen LogP contribution in [0.1, 0.15) is 26.2 Å². The highest BCUT2D eigenvalue weighted by Gasteiger charge is 2.42. The average molecular weight is 255 g/mol. The van der Waals surface area contributed by atoms with E-state index in [1.54, 1.807) is 0 Å². The van der Waals surface area contributed by atoms with Gasteiger partial charge in [0, 0.05) is 26.2 Å². The zero-order valence-electron chi connectivity index (χ0n) is 11.3. The van der Waals surface area contributed by atoms with Crippen molar-refractivity contribution in [2.75, 3.05) is 39.3 Å². The number of nitrogens with two attached hydrogens (primary N) is 1. The zero-order chi connectivity index (χ0) is 13.0. The van der Waals surface area contributed by atoms with E-state index in [4.69, 9.17) is 10.5 Å². The summed E-state index contributed by atoms with van der Waals surface area (Å²) in [5.41, 5.74) is 5.44. The predicted octanol–water partition coefficient (Wildman–Crippen LogP) is -0.0477. The molecule has 2 rings (SSSR count). The van der Waals surface area contributed by atoms with Gasteiger partial charge in [-0.05, 0) is 19.4 Å². The molecule has 0 aromatic rings. The number of morpholine rings is 1. The van der Waals surface area contributed by atoms with Crippen molar-refractivity contribution in [3.63, 3.8) is 0 Å².